The van der Waals surface area contributed by atoms with Crippen molar-refractivity contribution in [3.63, 3.8) is 0 Å². The molecule has 0 bridgehead atoms. The van der Waals surface area contributed by atoms with E-state index in [0.717, 1.165) is 22.2 Å². The monoisotopic (exact) mass is 476 g/mol. The third kappa shape index (κ3) is 5.52. The van der Waals surface area contributed by atoms with E-state index in [-0.39, 0.29) is 29.5 Å². The summed E-state index contributed by atoms with van der Waals surface area (Å²) in [6, 6.07) is 20.3. The zero-order valence-electron chi connectivity index (χ0n) is 18.3. The van der Waals surface area contributed by atoms with Crippen LogP contribution in [0.2, 0.25) is 0 Å². The molecule has 1 aliphatic rings. The van der Waals surface area contributed by atoms with Crippen LogP contribution in [0.1, 0.15) is 16.7 Å². The summed E-state index contributed by atoms with van der Waals surface area (Å²) < 4.78 is 19.7. The SMILES string of the molecule is Cc1cccc(NC(=O)COc2ccccc2/C=C2\SC(=O)N(Cc3ccccc3F)C2=O)c1. The fourth-order valence-corrected chi connectivity index (χ4v) is 4.20. The van der Waals surface area contributed by atoms with Crippen LogP contribution >= 0.6 is 11.8 Å². The van der Waals surface area contributed by atoms with Crippen LogP contribution < -0.4 is 10.1 Å². The van der Waals surface area contributed by atoms with Crippen molar-refractivity contribution in [3.05, 3.63) is 100 Å². The Kier molecular flexibility index (Phi) is 7.08. The molecular formula is C26H21FN2O4S. The zero-order chi connectivity index (χ0) is 24.1. The fraction of sp³-hybridized carbons (Fsp3) is 0.115. The van der Waals surface area contributed by atoms with E-state index in [9.17, 15) is 18.8 Å². The first-order valence-electron chi connectivity index (χ1n) is 10.5. The number of hydrogen-bond donors (Lipinski definition) is 1. The molecule has 1 fully saturated rings. The molecule has 1 aliphatic heterocycles. The normalized spacial score (nSPS) is 14.5. The highest BCUT2D eigenvalue weighted by Crippen LogP contribution is 2.35. The number of imide groups is 1. The van der Waals surface area contributed by atoms with Gasteiger partial charge in [-0.15, -0.1) is 0 Å². The van der Waals surface area contributed by atoms with Crippen LogP contribution in [-0.4, -0.2) is 28.6 Å². The number of hydrogen-bond acceptors (Lipinski definition) is 5. The van der Waals surface area contributed by atoms with Crippen molar-refractivity contribution in [3.8, 4) is 5.75 Å². The molecule has 0 radical (unpaired) electrons. The molecule has 34 heavy (non-hydrogen) atoms. The first kappa shape index (κ1) is 23.3. The summed E-state index contributed by atoms with van der Waals surface area (Å²) >= 11 is 0.779. The van der Waals surface area contributed by atoms with E-state index in [2.05, 4.69) is 5.32 Å². The van der Waals surface area contributed by atoms with E-state index in [1.807, 2.05) is 25.1 Å². The average Bonchev–Trinajstić information content (AvgIpc) is 3.07. The Bertz CT molecular complexity index is 1290. The molecule has 0 atom stereocenters. The van der Waals surface area contributed by atoms with E-state index in [1.165, 1.54) is 12.1 Å². The number of halogens is 1. The molecule has 1 heterocycles. The van der Waals surface area contributed by atoms with Gasteiger partial charge in [0.25, 0.3) is 17.1 Å². The molecule has 6 nitrogen and oxygen atoms in total. The van der Waals surface area contributed by atoms with Crippen LogP contribution in [0, 0.1) is 12.7 Å². The molecule has 172 valence electrons. The van der Waals surface area contributed by atoms with E-state index >= 15 is 0 Å². The highest BCUT2D eigenvalue weighted by atomic mass is 32.2. The van der Waals surface area contributed by atoms with Crippen molar-refractivity contribution in [2.75, 3.05) is 11.9 Å². The summed E-state index contributed by atoms with van der Waals surface area (Å²) in [5, 5.41) is 2.30. The summed E-state index contributed by atoms with van der Waals surface area (Å²) in [4.78, 5) is 38.8. The molecule has 0 saturated carbocycles. The van der Waals surface area contributed by atoms with Crippen LogP contribution in [0.3, 0.4) is 0 Å². The van der Waals surface area contributed by atoms with Gasteiger partial charge in [0.1, 0.15) is 11.6 Å². The van der Waals surface area contributed by atoms with Crippen molar-refractivity contribution in [1.29, 1.82) is 0 Å². The number of thioether (sulfide) groups is 1. The lowest BCUT2D eigenvalue weighted by Crippen LogP contribution is -2.27. The smallest absolute Gasteiger partial charge is 0.293 e. The van der Waals surface area contributed by atoms with Crippen LogP contribution in [0.4, 0.5) is 14.9 Å². The Labute approximate surface area is 200 Å². The number of rotatable bonds is 7. The largest absolute Gasteiger partial charge is 0.483 e. The lowest BCUT2D eigenvalue weighted by Gasteiger charge is -2.13. The molecule has 3 aromatic carbocycles. The molecule has 0 aliphatic carbocycles. The van der Waals surface area contributed by atoms with Gasteiger partial charge in [-0.05, 0) is 54.6 Å². The standard InChI is InChI=1S/C26H21FN2O4S/c1-17-7-6-10-20(13-17)28-24(30)16-33-22-12-5-3-8-18(22)14-23-25(31)29(26(32)34-23)15-19-9-2-4-11-21(19)27/h2-14H,15-16H2,1H3,(H,28,30)/b23-14-. The molecule has 0 spiro atoms. The zero-order valence-corrected chi connectivity index (χ0v) is 19.1. The minimum Gasteiger partial charge on any atom is -0.483 e. The van der Waals surface area contributed by atoms with Gasteiger partial charge in [0.05, 0.1) is 11.4 Å². The van der Waals surface area contributed by atoms with Crippen molar-refractivity contribution in [2.45, 2.75) is 13.5 Å². The summed E-state index contributed by atoms with van der Waals surface area (Å²) in [6.07, 6.45) is 1.54. The predicted molar refractivity (Wildman–Crippen MR) is 130 cm³/mol. The van der Waals surface area contributed by atoms with Gasteiger partial charge in [0.2, 0.25) is 0 Å². The van der Waals surface area contributed by atoms with Gasteiger partial charge in [0.15, 0.2) is 6.61 Å². The number of ether oxygens (including phenoxy) is 1. The number of aryl methyl sites for hydroxylation is 1. The number of carbonyl (C=O) groups is 3. The summed E-state index contributed by atoms with van der Waals surface area (Å²) in [7, 11) is 0. The Hall–Kier alpha value is -3.91. The minimum atomic E-state index is -0.509. The Morgan fingerprint density at radius 3 is 2.62 bits per heavy atom. The van der Waals surface area contributed by atoms with Crippen molar-refractivity contribution in [2.24, 2.45) is 0 Å². The summed E-state index contributed by atoms with van der Waals surface area (Å²) in [5.74, 6) is -0.924. The number of benzene rings is 3. The highest BCUT2D eigenvalue weighted by Gasteiger charge is 2.35. The Balaban J connectivity index is 1.45. The highest BCUT2D eigenvalue weighted by molar-refractivity contribution is 8.18. The van der Waals surface area contributed by atoms with Gasteiger partial charge < -0.3 is 10.1 Å². The van der Waals surface area contributed by atoms with Gasteiger partial charge in [-0.25, -0.2) is 4.39 Å². The first-order chi connectivity index (χ1) is 16.4. The summed E-state index contributed by atoms with van der Waals surface area (Å²) in [5.41, 5.74) is 2.50. The van der Waals surface area contributed by atoms with E-state index in [4.69, 9.17) is 4.74 Å². The van der Waals surface area contributed by atoms with Gasteiger partial charge in [-0.3, -0.25) is 19.3 Å². The topological polar surface area (TPSA) is 75.7 Å². The van der Waals surface area contributed by atoms with Crippen LogP contribution in [-0.2, 0) is 16.1 Å². The maximum Gasteiger partial charge on any atom is 0.293 e. The number of nitrogens with zero attached hydrogens (tertiary/aromatic N) is 1. The third-order valence-corrected chi connectivity index (χ3v) is 5.93. The van der Waals surface area contributed by atoms with Gasteiger partial charge in [-0.2, -0.15) is 0 Å². The Morgan fingerprint density at radius 2 is 1.82 bits per heavy atom. The van der Waals surface area contributed by atoms with Crippen molar-refractivity contribution < 1.29 is 23.5 Å². The number of nitrogens with one attached hydrogen (secondary N) is 1. The maximum absolute atomic E-state index is 14.0. The second-order valence-electron chi connectivity index (χ2n) is 7.60. The predicted octanol–water partition coefficient (Wildman–Crippen LogP) is 5.39. The molecule has 4 rings (SSSR count). The minimum absolute atomic E-state index is 0.147. The summed E-state index contributed by atoms with van der Waals surface area (Å²) in [6.45, 7) is 1.56. The van der Waals surface area contributed by atoms with Crippen LogP contribution in [0.5, 0.6) is 5.75 Å². The average molecular weight is 477 g/mol. The number of para-hydroxylation sites is 1. The molecule has 1 N–H and O–H groups in total. The van der Waals surface area contributed by atoms with Crippen LogP contribution in [0.25, 0.3) is 6.08 Å². The maximum atomic E-state index is 14.0. The first-order valence-corrected chi connectivity index (χ1v) is 11.3. The number of amides is 3. The van der Waals surface area contributed by atoms with E-state index in [1.54, 1.807) is 48.5 Å². The van der Waals surface area contributed by atoms with E-state index in [0.29, 0.717) is 17.0 Å². The number of anilines is 1. The lowest BCUT2D eigenvalue weighted by molar-refractivity contribution is -0.123. The van der Waals surface area contributed by atoms with Gasteiger partial charge in [-0.1, -0.05) is 48.5 Å². The van der Waals surface area contributed by atoms with Crippen molar-refractivity contribution >= 4 is 40.6 Å². The number of carbonyl (C=O) groups excluding carboxylic acids is 3. The fourth-order valence-electron chi connectivity index (χ4n) is 3.37. The quantitative estimate of drug-likeness (QED) is 0.463. The molecule has 0 unspecified atom stereocenters. The Morgan fingerprint density at radius 1 is 1.06 bits per heavy atom. The third-order valence-electron chi connectivity index (χ3n) is 5.03. The molecule has 3 aromatic rings. The molecule has 1 saturated heterocycles. The molecule has 0 aromatic heterocycles. The van der Waals surface area contributed by atoms with Gasteiger partial charge >= 0.3 is 0 Å². The second-order valence-corrected chi connectivity index (χ2v) is 8.60. The molecular weight excluding hydrogens is 455 g/mol. The lowest BCUT2D eigenvalue weighted by atomic mass is 10.1. The molecule has 8 heteroatoms. The van der Waals surface area contributed by atoms with Gasteiger partial charge in [0, 0.05) is 16.8 Å². The van der Waals surface area contributed by atoms with E-state index < -0.39 is 17.0 Å². The van der Waals surface area contributed by atoms with Crippen molar-refractivity contribution in [1.82, 2.24) is 4.90 Å². The second kappa shape index (κ2) is 10.4. The van der Waals surface area contributed by atoms with Crippen LogP contribution in [0.15, 0.2) is 77.7 Å². The molecule has 3 amide bonds.